The monoisotopic (exact) mass is 221 g/mol. The quantitative estimate of drug-likeness (QED) is 0.605. The Morgan fingerprint density at radius 3 is 2.60 bits per heavy atom. The van der Waals surface area contributed by atoms with E-state index < -0.39 is 12.1 Å². The molecule has 0 saturated heterocycles. The van der Waals surface area contributed by atoms with Gasteiger partial charge in [-0.25, -0.2) is 0 Å². The molecule has 0 aliphatic carbocycles. The molecule has 0 radical (unpaired) electrons. The molecule has 0 bridgehead atoms. The van der Waals surface area contributed by atoms with Crippen LogP contribution in [0.15, 0.2) is 18.2 Å². The third kappa shape index (κ3) is 3.37. The highest BCUT2D eigenvalue weighted by molar-refractivity contribution is 5.76. The Morgan fingerprint density at radius 1 is 1.40 bits per heavy atom. The summed E-state index contributed by atoms with van der Waals surface area (Å²) in [5, 5.41) is 11.1. The fourth-order valence-electron chi connectivity index (χ4n) is 0.891. The fourth-order valence-corrected chi connectivity index (χ4v) is 0.891. The molecule has 0 heterocycles. The zero-order chi connectivity index (χ0) is 11.5. The van der Waals surface area contributed by atoms with Gasteiger partial charge in [-0.05, 0) is 12.1 Å². The summed E-state index contributed by atoms with van der Waals surface area (Å²) >= 11 is 0. The molecule has 7 heteroatoms. The molecular weight excluding hydrogens is 215 g/mol. The maximum absolute atomic E-state index is 11.8. The Kier molecular flexibility index (Phi) is 3.03. The average Bonchev–Trinajstić information content (AvgIpc) is 2.09. The van der Waals surface area contributed by atoms with Crippen molar-refractivity contribution < 1.29 is 27.8 Å². The highest BCUT2D eigenvalue weighted by atomic mass is 19.4. The number of carbonyl (C=O) groups is 1. The van der Waals surface area contributed by atoms with E-state index in [1.54, 1.807) is 0 Å². The van der Waals surface area contributed by atoms with E-state index in [0.717, 1.165) is 18.2 Å². The van der Waals surface area contributed by atoms with Crippen LogP contribution < -0.4 is 10.1 Å². The summed E-state index contributed by atoms with van der Waals surface area (Å²) in [7, 11) is 0. The first-order valence-electron chi connectivity index (χ1n) is 3.71. The third-order valence-electron chi connectivity index (χ3n) is 1.42. The van der Waals surface area contributed by atoms with Gasteiger partial charge < -0.3 is 15.2 Å². The normalized spacial score (nSPS) is 10.9. The van der Waals surface area contributed by atoms with Crippen molar-refractivity contribution in [3.05, 3.63) is 18.2 Å². The summed E-state index contributed by atoms with van der Waals surface area (Å²) in [6.45, 7) is 0. The van der Waals surface area contributed by atoms with Crippen LogP contribution in [-0.4, -0.2) is 17.9 Å². The molecule has 15 heavy (non-hydrogen) atoms. The number of phenols is 1. The number of benzene rings is 1. The first-order chi connectivity index (χ1) is 6.92. The topological polar surface area (TPSA) is 58.6 Å². The van der Waals surface area contributed by atoms with E-state index in [1.807, 2.05) is 5.32 Å². The molecule has 82 valence electrons. The molecule has 0 fully saturated rings. The zero-order valence-corrected chi connectivity index (χ0v) is 7.21. The third-order valence-corrected chi connectivity index (χ3v) is 1.42. The van der Waals surface area contributed by atoms with Crippen molar-refractivity contribution in [2.75, 3.05) is 5.32 Å². The van der Waals surface area contributed by atoms with Crippen LogP contribution in [0.25, 0.3) is 0 Å². The van der Waals surface area contributed by atoms with Gasteiger partial charge in [0.15, 0.2) is 0 Å². The summed E-state index contributed by atoms with van der Waals surface area (Å²) in [4.78, 5) is 10.0. The molecular formula is C8H6F3NO3. The van der Waals surface area contributed by atoms with Crippen LogP contribution in [0.5, 0.6) is 11.5 Å². The maximum Gasteiger partial charge on any atom is 0.573 e. The molecule has 0 spiro atoms. The van der Waals surface area contributed by atoms with Crippen molar-refractivity contribution in [3.63, 3.8) is 0 Å². The number of amides is 1. The number of halogens is 3. The summed E-state index contributed by atoms with van der Waals surface area (Å²) < 4.78 is 38.9. The van der Waals surface area contributed by atoms with Gasteiger partial charge in [0, 0.05) is 6.07 Å². The molecule has 0 saturated carbocycles. The van der Waals surface area contributed by atoms with Crippen molar-refractivity contribution >= 4 is 12.1 Å². The van der Waals surface area contributed by atoms with Gasteiger partial charge in [0.25, 0.3) is 0 Å². The summed E-state index contributed by atoms with van der Waals surface area (Å²) in [6.07, 6.45) is -4.58. The largest absolute Gasteiger partial charge is 0.573 e. The SMILES string of the molecule is O=CNc1cc(OC(F)(F)F)ccc1O. The molecule has 2 N–H and O–H groups in total. The molecule has 0 aliphatic rings. The van der Waals surface area contributed by atoms with E-state index in [9.17, 15) is 18.0 Å². The minimum absolute atomic E-state index is 0.160. The second-order valence-electron chi connectivity index (χ2n) is 2.49. The van der Waals surface area contributed by atoms with E-state index in [4.69, 9.17) is 5.11 Å². The van der Waals surface area contributed by atoms with E-state index in [2.05, 4.69) is 4.74 Å². The average molecular weight is 221 g/mol. The molecule has 0 atom stereocenters. The van der Waals surface area contributed by atoms with Crippen molar-refractivity contribution in [1.29, 1.82) is 0 Å². The lowest BCUT2D eigenvalue weighted by Crippen LogP contribution is -2.17. The van der Waals surface area contributed by atoms with Gasteiger partial charge in [-0.1, -0.05) is 0 Å². The van der Waals surface area contributed by atoms with Gasteiger partial charge in [-0.15, -0.1) is 13.2 Å². The number of ether oxygens (including phenoxy) is 1. The van der Waals surface area contributed by atoms with E-state index in [-0.39, 0.29) is 17.8 Å². The summed E-state index contributed by atoms with van der Waals surface area (Å²) in [5.41, 5.74) is -0.160. The smallest absolute Gasteiger partial charge is 0.506 e. The first-order valence-corrected chi connectivity index (χ1v) is 3.71. The van der Waals surface area contributed by atoms with Crippen molar-refractivity contribution in [1.82, 2.24) is 0 Å². The van der Waals surface area contributed by atoms with Crippen LogP contribution in [0, 0.1) is 0 Å². The standard InChI is InChI=1S/C8H6F3NO3/c9-8(10,11)15-5-1-2-7(14)6(3-5)12-4-13/h1-4,14H,(H,12,13). The maximum atomic E-state index is 11.8. The lowest BCUT2D eigenvalue weighted by Gasteiger charge is -2.10. The highest BCUT2D eigenvalue weighted by Crippen LogP contribution is 2.30. The molecule has 0 aliphatic heterocycles. The molecule has 1 amide bonds. The van der Waals surface area contributed by atoms with E-state index in [1.165, 1.54) is 0 Å². The molecule has 1 aromatic carbocycles. The molecule has 1 rings (SSSR count). The first kappa shape index (κ1) is 11.2. The van der Waals surface area contributed by atoms with Crippen molar-refractivity contribution in [3.8, 4) is 11.5 Å². The Labute approximate surface area is 82.3 Å². The lowest BCUT2D eigenvalue weighted by atomic mass is 10.3. The second kappa shape index (κ2) is 4.07. The van der Waals surface area contributed by atoms with Gasteiger partial charge in [0.2, 0.25) is 6.41 Å². The molecule has 0 unspecified atom stereocenters. The Bertz CT molecular complexity index is 365. The van der Waals surface area contributed by atoms with Crippen molar-refractivity contribution in [2.24, 2.45) is 0 Å². The van der Waals surface area contributed by atoms with Gasteiger partial charge in [-0.2, -0.15) is 0 Å². The van der Waals surface area contributed by atoms with Gasteiger partial charge in [-0.3, -0.25) is 4.79 Å². The molecule has 0 aromatic heterocycles. The number of carbonyl (C=O) groups excluding carboxylic acids is 1. The predicted octanol–water partition coefficient (Wildman–Crippen LogP) is 1.86. The van der Waals surface area contributed by atoms with Gasteiger partial charge in [0.1, 0.15) is 11.5 Å². The second-order valence-corrected chi connectivity index (χ2v) is 2.49. The van der Waals surface area contributed by atoms with E-state index in [0.29, 0.717) is 0 Å². The minimum atomic E-state index is -4.81. The van der Waals surface area contributed by atoms with Crippen LogP contribution in [0.4, 0.5) is 18.9 Å². The number of anilines is 1. The zero-order valence-electron chi connectivity index (χ0n) is 7.21. The minimum Gasteiger partial charge on any atom is -0.506 e. The van der Waals surface area contributed by atoms with Crippen LogP contribution in [0.1, 0.15) is 0 Å². The number of hydrogen-bond donors (Lipinski definition) is 2. The van der Waals surface area contributed by atoms with Crippen LogP contribution in [0.2, 0.25) is 0 Å². The predicted molar refractivity (Wildman–Crippen MR) is 44.5 cm³/mol. The van der Waals surface area contributed by atoms with Gasteiger partial charge >= 0.3 is 6.36 Å². The lowest BCUT2D eigenvalue weighted by molar-refractivity contribution is -0.274. The van der Waals surface area contributed by atoms with Crippen molar-refractivity contribution in [2.45, 2.75) is 6.36 Å². The van der Waals surface area contributed by atoms with Crippen LogP contribution in [0.3, 0.4) is 0 Å². The van der Waals surface area contributed by atoms with Crippen LogP contribution in [-0.2, 0) is 4.79 Å². The Morgan fingerprint density at radius 2 is 2.07 bits per heavy atom. The number of alkyl halides is 3. The number of rotatable bonds is 3. The van der Waals surface area contributed by atoms with E-state index >= 15 is 0 Å². The molecule has 4 nitrogen and oxygen atoms in total. The van der Waals surface area contributed by atoms with Gasteiger partial charge in [0.05, 0.1) is 5.69 Å². The number of nitrogens with one attached hydrogen (secondary N) is 1. The fraction of sp³-hybridized carbons (Fsp3) is 0.125. The summed E-state index contributed by atoms with van der Waals surface area (Å²) in [5.74, 6) is -0.874. The van der Waals surface area contributed by atoms with Crippen LogP contribution >= 0.6 is 0 Å². The molecule has 1 aromatic rings. The number of phenolic OH excluding ortho intramolecular Hbond substituents is 1. The Balaban J connectivity index is 2.92. The number of aromatic hydroxyl groups is 1. The Hall–Kier alpha value is -1.92. The summed E-state index contributed by atoms with van der Waals surface area (Å²) in [6, 6.07) is 2.77. The highest BCUT2D eigenvalue weighted by Gasteiger charge is 2.31. The number of hydrogen-bond acceptors (Lipinski definition) is 3.